The van der Waals surface area contributed by atoms with Gasteiger partial charge < -0.3 is 9.47 Å². The maximum atomic E-state index is 13.5. The quantitative estimate of drug-likeness (QED) is 0.565. The molecule has 1 aliphatic rings. The Balaban J connectivity index is 2.61. The van der Waals surface area contributed by atoms with Crippen molar-refractivity contribution in [2.24, 2.45) is 5.41 Å². The third-order valence-electron chi connectivity index (χ3n) is 4.03. The van der Waals surface area contributed by atoms with Gasteiger partial charge in [-0.3, -0.25) is 9.59 Å². The van der Waals surface area contributed by atoms with Crippen LogP contribution in [0.25, 0.3) is 0 Å². The Kier molecular flexibility index (Phi) is 4.98. The molecule has 2 rings (SSSR count). The van der Waals surface area contributed by atoms with Crippen molar-refractivity contribution in [2.75, 3.05) is 19.5 Å². The Morgan fingerprint density at radius 2 is 1.71 bits per heavy atom. The smallest absolute Gasteiger partial charge is 0.325 e. The number of sulfone groups is 1. The Labute approximate surface area is 139 Å². The van der Waals surface area contributed by atoms with E-state index in [0.717, 1.165) is 12.3 Å². The summed E-state index contributed by atoms with van der Waals surface area (Å²) in [5.41, 5.74) is -1.75. The number of carbonyl (C=O) groups is 2. The molecule has 0 bridgehead atoms. The highest BCUT2D eigenvalue weighted by molar-refractivity contribution is 7.91. The molecule has 1 fully saturated rings. The van der Waals surface area contributed by atoms with Crippen LogP contribution in [0.2, 0.25) is 0 Å². The Morgan fingerprint density at radius 3 is 2.12 bits per heavy atom. The lowest BCUT2D eigenvalue weighted by Gasteiger charge is -2.15. The number of hydrogen-bond acceptors (Lipinski definition) is 6. The zero-order valence-corrected chi connectivity index (χ0v) is 14.4. The lowest BCUT2D eigenvalue weighted by atomic mass is 9.99. The van der Waals surface area contributed by atoms with Gasteiger partial charge in [0.05, 0.1) is 18.5 Å². The fraction of sp³-hybridized carbons (Fsp3) is 0.500. The van der Waals surface area contributed by atoms with E-state index in [1.807, 2.05) is 0 Å². The molecule has 0 radical (unpaired) electrons. The summed E-state index contributed by atoms with van der Waals surface area (Å²) in [4.78, 5) is 25.0. The van der Waals surface area contributed by atoms with Crippen molar-refractivity contribution in [3.8, 4) is 0 Å². The number of ether oxygens (including phenoxy) is 2. The van der Waals surface area contributed by atoms with E-state index in [1.54, 1.807) is 13.8 Å². The lowest BCUT2D eigenvalue weighted by molar-refractivity contribution is -0.164. The second kappa shape index (κ2) is 6.51. The summed E-state index contributed by atoms with van der Waals surface area (Å²) in [6, 6.07) is 5.18. The van der Waals surface area contributed by atoms with Gasteiger partial charge in [-0.1, -0.05) is 12.1 Å². The topological polar surface area (TPSA) is 86.7 Å². The first-order valence-electron chi connectivity index (χ1n) is 7.50. The van der Waals surface area contributed by atoms with Gasteiger partial charge in [0.1, 0.15) is 5.82 Å². The molecule has 1 aromatic rings. The van der Waals surface area contributed by atoms with Crippen molar-refractivity contribution in [3.05, 3.63) is 35.6 Å². The van der Waals surface area contributed by atoms with Crippen LogP contribution in [0.5, 0.6) is 0 Å². The van der Waals surface area contributed by atoms with Crippen molar-refractivity contribution in [1.82, 2.24) is 0 Å². The summed E-state index contributed by atoms with van der Waals surface area (Å²) < 4.78 is 47.8. The average molecular weight is 358 g/mol. The summed E-state index contributed by atoms with van der Waals surface area (Å²) in [5, 5.41) is -1.34. The van der Waals surface area contributed by atoms with Crippen LogP contribution in [0.15, 0.2) is 24.3 Å². The van der Waals surface area contributed by atoms with Crippen LogP contribution >= 0.6 is 0 Å². The van der Waals surface area contributed by atoms with Crippen molar-refractivity contribution >= 4 is 21.8 Å². The van der Waals surface area contributed by atoms with Gasteiger partial charge in [0.2, 0.25) is 0 Å². The molecule has 0 heterocycles. The van der Waals surface area contributed by atoms with Gasteiger partial charge in [0.25, 0.3) is 0 Å². The number of benzene rings is 1. The number of hydrogen-bond donors (Lipinski definition) is 0. The van der Waals surface area contributed by atoms with Crippen molar-refractivity contribution < 1.29 is 31.9 Å². The third kappa shape index (κ3) is 2.90. The van der Waals surface area contributed by atoms with Gasteiger partial charge in [-0.25, -0.2) is 12.8 Å². The predicted molar refractivity (Wildman–Crippen MR) is 83.5 cm³/mol. The van der Waals surface area contributed by atoms with E-state index in [0.29, 0.717) is 0 Å². The molecule has 1 aliphatic carbocycles. The molecule has 2 atom stereocenters. The minimum atomic E-state index is -3.80. The number of rotatable bonds is 6. The van der Waals surface area contributed by atoms with Crippen molar-refractivity contribution in [2.45, 2.75) is 25.0 Å². The summed E-state index contributed by atoms with van der Waals surface area (Å²) in [7, 11) is -3.80. The SMILES string of the molecule is CCOC(=O)C1(C(=O)OCC)[C@@H](c2cccc(F)c2)[C@@H]1S(C)(=O)=O. The molecule has 0 spiro atoms. The first kappa shape index (κ1) is 18.4. The minimum Gasteiger partial charge on any atom is -0.465 e. The van der Waals surface area contributed by atoms with Crippen molar-refractivity contribution in [3.63, 3.8) is 0 Å². The monoisotopic (exact) mass is 358 g/mol. The molecule has 0 saturated heterocycles. The van der Waals surface area contributed by atoms with Crippen LogP contribution in [-0.2, 0) is 28.9 Å². The van der Waals surface area contributed by atoms with Crippen LogP contribution in [0, 0.1) is 11.2 Å². The zero-order chi connectivity index (χ0) is 18.1. The Hall–Kier alpha value is -1.96. The van der Waals surface area contributed by atoms with E-state index in [2.05, 4.69) is 0 Å². The van der Waals surface area contributed by atoms with E-state index in [-0.39, 0.29) is 18.8 Å². The van der Waals surface area contributed by atoms with Gasteiger partial charge in [-0.15, -0.1) is 0 Å². The minimum absolute atomic E-state index is 0.0215. The standard InChI is InChI=1S/C16H19FO6S/c1-4-22-14(18)16(15(19)23-5-2)12(13(16)24(3,20)21)10-7-6-8-11(17)9-10/h6-9,12-13H,4-5H2,1-3H3/t12-,13-/m0/s1. The molecule has 0 amide bonds. The maximum Gasteiger partial charge on any atom is 0.325 e. The lowest BCUT2D eigenvalue weighted by Crippen LogP contribution is -2.35. The highest BCUT2D eigenvalue weighted by atomic mass is 32.2. The molecule has 0 unspecified atom stereocenters. The molecule has 0 aliphatic heterocycles. The number of carbonyl (C=O) groups excluding carboxylic acids is 2. The number of esters is 2. The van der Waals surface area contributed by atoms with E-state index in [4.69, 9.17) is 9.47 Å². The molecule has 8 heteroatoms. The summed E-state index contributed by atoms with van der Waals surface area (Å²) in [5.74, 6) is -3.56. The largest absolute Gasteiger partial charge is 0.465 e. The second-order valence-corrected chi connectivity index (χ2v) is 7.76. The van der Waals surface area contributed by atoms with Crippen LogP contribution in [-0.4, -0.2) is 45.1 Å². The highest BCUT2D eigenvalue weighted by Crippen LogP contribution is 2.64. The van der Waals surface area contributed by atoms with Crippen LogP contribution in [0.1, 0.15) is 25.3 Å². The van der Waals surface area contributed by atoms with Crippen LogP contribution in [0.3, 0.4) is 0 Å². The molecule has 1 aromatic carbocycles. The van der Waals surface area contributed by atoms with E-state index in [1.165, 1.54) is 18.2 Å². The van der Waals surface area contributed by atoms with Gasteiger partial charge in [0.15, 0.2) is 15.3 Å². The van der Waals surface area contributed by atoms with Gasteiger partial charge in [0, 0.05) is 12.2 Å². The fourth-order valence-corrected chi connectivity index (χ4v) is 4.95. The van der Waals surface area contributed by atoms with Gasteiger partial charge >= 0.3 is 11.9 Å². The van der Waals surface area contributed by atoms with Crippen LogP contribution < -0.4 is 0 Å². The number of halogens is 1. The molecular weight excluding hydrogens is 339 g/mol. The third-order valence-corrected chi connectivity index (χ3v) is 5.59. The van der Waals surface area contributed by atoms with Gasteiger partial charge in [-0.2, -0.15) is 0 Å². The summed E-state index contributed by atoms with van der Waals surface area (Å²) >= 11 is 0. The molecule has 0 aromatic heterocycles. The summed E-state index contributed by atoms with van der Waals surface area (Å²) in [6.07, 6.45) is 0.935. The first-order valence-corrected chi connectivity index (χ1v) is 9.45. The van der Waals surface area contributed by atoms with E-state index in [9.17, 15) is 22.4 Å². The molecule has 132 valence electrons. The molecule has 0 N–H and O–H groups in total. The van der Waals surface area contributed by atoms with Crippen LogP contribution in [0.4, 0.5) is 4.39 Å². The van der Waals surface area contributed by atoms with E-state index >= 15 is 0 Å². The second-order valence-electron chi connectivity index (χ2n) is 5.59. The molecule has 6 nitrogen and oxygen atoms in total. The normalized spacial score (nSPS) is 21.8. The Bertz CT molecular complexity index is 740. The molecule has 1 saturated carbocycles. The molecular formula is C16H19FO6S. The zero-order valence-electron chi connectivity index (χ0n) is 13.6. The average Bonchev–Trinajstić information content (AvgIpc) is 3.19. The first-order chi connectivity index (χ1) is 11.2. The molecule has 24 heavy (non-hydrogen) atoms. The van der Waals surface area contributed by atoms with E-state index < -0.39 is 44.2 Å². The fourth-order valence-electron chi connectivity index (χ4n) is 3.15. The predicted octanol–water partition coefficient (Wildman–Crippen LogP) is 1.45. The van der Waals surface area contributed by atoms with Crippen molar-refractivity contribution in [1.29, 1.82) is 0 Å². The highest BCUT2D eigenvalue weighted by Gasteiger charge is 2.81. The van der Waals surface area contributed by atoms with Gasteiger partial charge in [-0.05, 0) is 31.5 Å². The summed E-state index contributed by atoms with van der Waals surface area (Å²) in [6.45, 7) is 3.05. The maximum absolute atomic E-state index is 13.5. The Morgan fingerprint density at radius 1 is 1.17 bits per heavy atom.